The van der Waals surface area contributed by atoms with Crippen LogP contribution in [0.4, 0.5) is 0 Å². The van der Waals surface area contributed by atoms with Crippen LogP contribution in [0.1, 0.15) is 55.4 Å². The van der Waals surface area contributed by atoms with Crippen molar-refractivity contribution < 1.29 is 33.2 Å². The maximum absolute atomic E-state index is 13.4. The molecule has 0 radical (unpaired) electrons. The first-order valence-corrected chi connectivity index (χ1v) is 14.5. The van der Waals surface area contributed by atoms with Gasteiger partial charge in [0.05, 0.1) is 6.54 Å². The number of carbonyl (C=O) groups is 6. The van der Waals surface area contributed by atoms with E-state index in [4.69, 9.17) is 4.42 Å². The lowest BCUT2D eigenvalue weighted by Gasteiger charge is -2.28. The Bertz CT molecular complexity index is 1340. The summed E-state index contributed by atoms with van der Waals surface area (Å²) in [6, 6.07) is 4.92. The van der Waals surface area contributed by atoms with Crippen LogP contribution in [-0.4, -0.2) is 89.6 Å². The molecule has 2 heterocycles. The highest BCUT2D eigenvalue weighted by Crippen LogP contribution is 2.10. The van der Waals surface area contributed by atoms with Gasteiger partial charge in [0.25, 0.3) is 5.91 Å². The van der Waals surface area contributed by atoms with Crippen molar-refractivity contribution in [3.63, 3.8) is 0 Å². The molecule has 0 bridgehead atoms. The van der Waals surface area contributed by atoms with Gasteiger partial charge in [-0.1, -0.05) is 44.2 Å². The van der Waals surface area contributed by atoms with Crippen molar-refractivity contribution in [3.8, 4) is 0 Å². The molecule has 14 heteroatoms. The molecule has 0 spiro atoms. The fourth-order valence-electron chi connectivity index (χ4n) is 4.67. The predicted molar refractivity (Wildman–Crippen MR) is 159 cm³/mol. The minimum atomic E-state index is -1.08. The molecule has 2 aromatic rings. The summed E-state index contributed by atoms with van der Waals surface area (Å²) >= 11 is 0. The van der Waals surface area contributed by atoms with Crippen molar-refractivity contribution in [1.29, 1.82) is 0 Å². The van der Waals surface area contributed by atoms with Gasteiger partial charge in [-0.05, 0) is 38.2 Å². The van der Waals surface area contributed by atoms with Crippen molar-refractivity contribution in [1.82, 2.24) is 36.5 Å². The van der Waals surface area contributed by atoms with Crippen LogP contribution in [0.15, 0.2) is 41.1 Å². The number of benzene rings is 1. The Morgan fingerprint density at radius 1 is 1.05 bits per heavy atom. The van der Waals surface area contributed by atoms with Gasteiger partial charge in [0.1, 0.15) is 29.9 Å². The number of nitrogens with one attached hydrogen (secondary N) is 5. The molecule has 0 saturated carbocycles. The molecule has 0 aliphatic carbocycles. The first-order valence-electron chi connectivity index (χ1n) is 14.5. The molecule has 14 nitrogen and oxygen atoms in total. The number of carbonyl (C=O) groups excluding carboxylic acids is 6. The summed E-state index contributed by atoms with van der Waals surface area (Å²) in [5.41, 5.74) is 0.813. The Morgan fingerprint density at radius 2 is 1.75 bits per heavy atom. The highest BCUT2D eigenvalue weighted by Gasteiger charge is 2.33. The van der Waals surface area contributed by atoms with Gasteiger partial charge >= 0.3 is 0 Å². The Kier molecular flexibility index (Phi) is 12.0. The summed E-state index contributed by atoms with van der Waals surface area (Å²) in [4.78, 5) is 83.9. The van der Waals surface area contributed by atoms with E-state index >= 15 is 0 Å². The van der Waals surface area contributed by atoms with Gasteiger partial charge in [-0.15, -0.1) is 0 Å². The molecule has 44 heavy (non-hydrogen) atoms. The van der Waals surface area contributed by atoms with Crippen molar-refractivity contribution in [2.75, 3.05) is 20.1 Å². The quantitative estimate of drug-likeness (QED) is 0.308. The Labute approximate surface area is 256 Å². The molecule has 1 saturated heterocycles. The Hall–Kier alpha value is -4.75. The number of oxazole rings is 1. The first-order chi connectivity index (χ1) is 20.9. The van der Waals surface area contributed by atoms with E-state index in [1.807, 2.05) is 30.3 Å². The van der Waals surface area contributed by atoms with E-state index in [1.165, 1.54) is 18.9 Å². The van der Waals surface area contributed by atoms with Crippen LogP contribution in [0.5, 0.6) is 0 Å². The average Bonchev–Trinajstić information content (AvgIpc) is 3.41. The van der Waals surface area contributed by atoms with E-state index in [2.05, 4.69) is 31.6 Å². The minimum Gasteiger partial charge on any atom is -0.448 e. The lowest BCUT2D eigenvalue weighted by molar-refractivity contribution is -0.139. The second-order valence-corrected chi connectivity index (χ2v) is 11.2. The third-order valence-corrected chi connectivity index (χ3v) is 7.23. The highest BCUT2D eigenvalue weighted by molar-refractivity contribution is 5.98. The van der Waals surface area contributed by atoms with Crippen molar-refractivity contribution in [2.45, 2.75) is 71.1 Å². The van der Waals surface area contributed by atoms with Gasteiger partial charge in [0, 0.05) is 20.0 Å². The second-order valence-electron chi connectivity index (χ2n) is 11.2. The summed E-state index contributed by atoms with van der Waals surface area (Å²) in [7, 11) is 1.46. The summed E-state index contributed by atoms with van der Waals surface area (Å²) in [5, 5.41) is 13.4. The molecular weight excluding hydrogens is 570 g/mol. The molecule has 6 amide bonds. The molecule has 1 aromatic carbocycles. The zero-order chi connectivity index (χ0) is 32.4. The molecule has 1 aliphatic heterocycles. The van der Waals surface area contributed by atoms with Gasteiger partial charge in [0.2, 0.25) is 29.5 Å². The van der Waals surface area contributed by atoms with Crippen molar-refractivity contribution in [3.05, 3.63) is 53.7 Å². The van der Waals surface area contributed by atoms with Crippen LogP contribution in [-0.2, 0) is 30.4 Å². The number of amides is 6. The zero-order valence-corrected chi connectivity index (χ0v) is 25.6. The lowest BCUT2D eigenvalue weighted by atomic mass is 10.0. The normalized spacial score (nSPS) is 23.1. The van der Waals surface area contributed by atoms with E-state index in [1.54, 1.807) is 20.8 Å². The van der Waals surface area contributed by atoms with Crippen LogP contribution in [0, 0.1) is 12.8 Å². The SMILES string of the molecule is Cc1ocnc1C(=O)N[C@H]1CCCNC(=O)CN(C)C(=O)[C@H](Cc2ccccc2)NC(=O)[C@@H](C)NC(=O)[C@@H](C(C)C)NC1=O. The highest BCUT2D eigenvalue weighted by atomic mass is 16.3. The molecule has 0 unspecified atom stereocenters. The molecule has 3 rings (SSSR count). The molecule has 1 aromatic heterocycles. The van der Waals surface area contributed by atoms with Gasteiger partial charge in [-0.25, -0.2) is 4.98 Å². The predicted octanol–water partition coefficient (Wildman–Crippen LogP) is -0.177. The maximum atomic E-state index is 13.4. The fraction of sp³-hybridized carbons (Fsp3) is 0.500. The number of rotatable bonds is 5. The van der Waals surface area contributed by atoms with Crippen LogP contribution in [0.3, 0.4) is 0 Å². The summed E-state index contributed by atoms with van der Waals surface area (Å²) in [5.74, 6) is -3.50. The number of hydrogen-bond donors (Lipinski definition) is 5. The van der Waals surface area contributed by atoms with E-state index in [0.717, 1.165) is 12.0 Å². The van der Waals surface area contributed by atoms with Crippen LogP contribution >= 0.6 is 0 Å². The summed E-state index contributed by atoms with van der Waals surface area (Å²) in [6.07, 6.45) is 1.70. The molecule has 4 atom stereocenters. The Morgan fingerprint density at radius 3 is 2.39 bits per heavy atom. The molecular formula is C30H41N7O7. The van der Waals surface area contributed by atoms with Crippen molar-refractivity contribution >= 4 is 35.4 Å². The largest absolute Gasteiger partial charge is 0.448 e. The number of aryl methyl sites for hydroxylation is 1. The minimum absolute atomic E-state index is 0.0156. The van der Waals surface area contributed by atoms with E-state index < -0.39 is 59.6 Å². The third kappa shape index (κ3) is 9.38. The first kappa shape index (κ1) is 33.7. The number of aromatic nitrogens is 1. The fourth-order valence-corrected chi connectivity index (χ4v) is 4.67. The van der Waals surface area contributed by atoms with Gasteiger partial charge < -0.3 is 35.9 Å². The Balaban J connectivity index is 1.85. The maximum Gasteiger partial charge on any atom is 0.274 e. The number of hydrogen-bond acceptors (Lipinski definition) is 8. The van der Waals surface area contributed by atoms with Crippen molar-refractivity contribution in [2.24, 2.45) is 5.92 Å². The van der Waals surface area contributed by atoms with Gasteiger partial charge in [0.15, 0.2) is 12.1 Å². The average molecular weight is 612 g/mol. The number of likely N-dealkylation sites (N-methyl/N-ethyl adjacent to an activating group) is 1. The molecule has 5 N–H and O–H groups in total. The van der Waals surface area contributed by atoms with Crippen LogP contribution in [0.25, 0.3) is 0 Å². The van der Waals surface area contributed by atoms with Gasteiger partial charge in [-0.2, -0.15) is 0 Å². The standard InChI is InChI=1S/C30H41N7O7/c1-17(2)24-28(41)33-18(3)26(39)35-22(14-20-10-7-6-8-11-20)30(43)37(5)15-23(38)31-13-9-12-21(27(40)36-24)34-29(42)25-19(4)44-16-32-25/h6-8,10-11,16-18,21-22,24H,9,12-15H2,1-5H3,(H,31,38)(H,33,41)(H,34,42)(H,35,39)(H,36,40)/t18-,21+,22+,24-/m1/s1. The lowest BCUT2D eigenvalue weighted by Crippen LogP contribution is -2.59. The van der Waals surface area contributed by atoms with Crippen LogP contribution < -0.4 is 26.6 Å². The monoisotopic (exact) mass is 611 g/mol. The second kappa shape index (κ2) is 15.6. The number of nitrogens with zero attached hydrogens (tertiary/aromatic N) is 2. The van der Waals surface area contributed by atoms with E-state index in [9.17, 15) is 28.8 Å². The van der Waals surface area contributed by atoms with Crippen LogP contribution in [0.2, 0.25) is 0 Å². The molecule has 1 aliphatic rings. The molecule has 238 valence electrons. The smallest absolute Gasteiger partial charge is 0.274 e. The third-order valence-electron chi connectivity index (χ3n) is 7.23. The van der Waals surface area contributed by atoms with Gasteiger partial charge in [-0.3, -0.25) is 28.8 Å². The zero-order valence-electron chi connectivity index (χ0n) is 25.6. The summed E-state index contributed by atoms with van der Waals surface area (Å²) < 4.78 is 5.09. The van der Waals surface area contributed by atoms with E-state index in [-0.39, 0.29) is 43.3 Å². The molecule has 1 fully saturated rings. The topological polar surface area (TPSA) is 192 Å². The van der Waals surface area contributed by atoms with E-state index in [0.29, 0.717) is 6.42 Å². The summed E-state index contributed by atoms with van der Waals surface area (Å²) in [6.45, 7) is 6.37.